The van der Waals surface area contributed by atoms with Crippen LogP contribution in [0.1, 0.15) is 13.8 Å². The first-order valence-electron chi connectivity index (χ1n) is 5.16. The van der Waals surface area contributed by atoms with Crippen molar-refractivity contribution in [2.45, 2.75) is 19.9 Å². The zero-order valence-electron chi connectivity index (χ0n) is 9.35. The maximum Gasteiger partial charge on any atom is 0.353 e. The molecule has 1 aliphatic heterocycles. The van der Waals surface area contributed by atoms with Gasteiger partial charge in [-0.25, -0.2) is 9.37 Å². The summed E-state index contributed by atoms with van der Waals surface area (Å²) in [5.41, 5.74) is 0. The van der Waals surface area contributed by atoms with E-state index in [-0.39, 0.29) is 25.9 Å². The molecule has 1 aliphatic rings. The van der Waals surface area contributed by atoms with Crippen molar-refractivity contribution in [2.24, 2.45) is 0 Å². The summed E-state index contributed by atoms with van der Waals surface area (Å²) in [6, 6.07) is 3.30. The number of pyridine rings is 1. The summed E-state index contributed by atoms with van der Waals surface area (Å²) in [7, 11) is 2.01. The second kappa shape index (κ2) is 5.76. The third-order valence-electron chi connectivity index (χ3n) is 2.55. The fourth-order valence-electron chi connectivity index (χ4n) is 1.63. The first kappa shape index (κ1) is 13.6. The van der Waals surface area contributed by atoms with Crippen molar-refractivity contribution >= 4 is 13.4 Å². The van der Waals surface area contributed by atoms with Crippen molar-refractivity contribution < 1.29 is 24.5 Å². The van der Waals surface area contributed by atoms with Crippen LogP contribution in [0.3, 0.4) is 0 Å². The molecule has 0 amide bonds. The molecule has 2 heterocycles. The van der Waals surface area contributed by atoms with E-state index in [0.717, 1.165) is 13.1 Å². The molecule has 88 valence electrons. The maximum absolute atomic E-state index is 13.0. The quantitative estimate of drug-likeness (QED) is 0.700. The molecule has 2 rings (SSSR count). The topological polar surface area (TPSA) is 19.4 Å². The molecule has 1 fully saturated rings. The predicted molar refractivity (Wildman–Crippen MR) is 59.1 cm³/mol. The summed E-state index contributed by atoms with van der Waals surface area (Å²) in [6.45, 7) is 6.11. The first-order valence-corrected chi connectivity index (χ1v) is 5.16. The Labute approximate surface area is 110 Å². The van der Waals surface area contributed by atoms with Crippen LogP contribution in [0.2, 0.25) is 0 Å². The first-order chi connectivity index (χ1) is 7.16. The van der Waals surface area contributed by atoms with Crippen molar-refractivity contribution in [2.75, 3.05) is 17.9 Å². The molecule has 0 aliphatic carbocycles. The normalized spacial score (nSPS) is 16.1. The Balaban J connectivity index is 0.00000128. The third-order valence-corrected chi connectivity index (χ3v) is 2.55. The summed E-state index contributed by atoms with van der Waals surface area (Å²) < 4.78 is 13.0. The van der Waals surface area contributed by atoms with Crippen molar-refractivity contribution in [1.82, 2.24) is 9.79 Å². The largest absolute Gasteiger partial charge is 0.388 e. The number of hydrogen-bond donors (Lipinski definition) is 0. The second-order valence-electron chi connectivity index (χ2n) is 3.97. The monoisotopic (exact) mass is 399 g/mol. The molecule has 0 bridgehead atoms. The minimum atomic E-state index is -0.239. The molecular weight excluding hydrogens is 384 g/mol. The van der Waals surface area contributed by atoms with Crippen LogP contribution in [-0.4, -0.2) is 36.5 Å². The Bertz CT molecular complexity index is 351. The Morgan fingerprint density at radius 2 is 2.19 bits per heavy atom. The molecule has 0 saturated carbocycles. The van der Waals surface area contributed by atoms with Gasteiger partial charge in [0.05, 0.1) is 0 Å². The number of hydrogen-bond acceptors (Lipinski definition) is 3. The zero-order valence-corrected chi connectivity index (χ0v) is 11.7. The molecular formula is C10H14BFIrN3. The van der Waals surface area contributed by atoms with Gasteiger partial charge in [0.15, 0.2) is 0 Å². The average molecular weight is 398 g/mol. The third kappa shape index (κ3) is 3.03. The van der Waals surface area contributed by atoms with Gasteiger partial charge in [0.2, 0.25) is 0 Å². The van der Waals surface area contributed by atoms with E-state index in [0.29, 0.717) is 11.9 Å². The minimum absolute atomic E-state index is 0. The van der Waals surface area contributed by atoms with Crippen LogP contribution < -0.4 is 4.81 Å². The van der Waals surface area contributed by atoms with Crippen molar-refractivity contribution in [3.8, 4) is 0 Å². The number of rotatable bonds is 2. The van der Waals surface area contributed by atoms with E-state index in [1.807, 2.05) is 12.4 Å². The molecule has 1 saturated heterocycles. The summed E-state index contributed by atoms with van der Waals surface area (Å²) in [4.78, 5) is 8.33. The Kier molecular flexibility index (Phi) is 4.90. The van der Waals surface area contributed by atoms with Gasteiger partial charge in [-0.2, -0.15) is 0 Å². The van der Waals surface area contributed by atoms with E-state index in [9.17, 15) is 4.39 Å². The van der Waals surface area contributed by atoms with Gasteiger partial charge in [-0.05, 0) is 12.1 Å². The summed E-state index contributed by atoms with van der Waals surface area (Å²) in [6.07, 6.45) is 1.50. The van der Waals surface area contributed by atoms with Crippen LogP contribution in [0.15, 0.2) is 18.3 Å². The number of halogens is 1. The van der Waals surface area contributed by atoms with Crippen LogP contribution >= 0.6 is 0 Å². The van der Waals surface area contributed by atoms with Crippen LogP contribution in [0, 0.1) is 5.82 Å². The van der Waals surface area contributed by atoms with E-state index in [1.54, 1.807) is 0 Å². The molecule has 0 atom stereocenters. The van der Waals surface area contributed by atoms with Crippen LogP contribution in [0.25, 0.3) is 0 Å². The molecule has 2 radical (unpaired) electrons. The Hall–Kier alpha value is -0.446. The SMILES string of the molecule is CC(C)N1[B]N(c2cc(F)ccn2)CC1.[Ir]. The van der Waals surface area contributed by atoms with E-state index >= 15 is 0 Å². The van der Waals surface area contributed by atoms with Gasteiger partial charge in [-0.1, -0.05) is 13.8 Å². The van der Waals surface area contributed by atoms with Gasteiger partial charge >= 0.3 is 7.55 Å². The molecule has 0 aromatic carbocycles. The van der Waals surface area contributed by atoms with Crippen LogP contribution in [0.5, 0.6) is 0 Å². The summed E-state index contributed by atoms with van der Waals surface area (Å²) in [5.74, 6) is 0.439. The predicted octanol–water partition coefficient (Wildman–Crippen LogP) is 1.28. The van der Waals surface area contributed by atoms with Crippen LogP contribution in [0.4, 0.5) is 10.2 Å². The maximum atomic E-state index is 13.0. The van der Waals surface area contributed by atoms with Gasteiger partial charge < -0.3 is 9.62 Å². The molecule has 16 heavy (non-hydrogen) atoms. The Morgan fingerprint density at radius 3 is 2.75 bits per heavy atom. The fourth-order valence-corrected chi connectivity index (χ4v) is 1.63. The van der Waals surface area contributed by atoms with Crippen molar-refractivity contribution in [3.05, 3.63) is 24.1 Å². The van der Waals surface area contributed by atoms with E-state index in [4.69, 9.17) is 0 Å². The summed E-state index contributed by atoms with van der Waals surface area (Å²) >= 11 is 0. The molecule has 3 nitrogen and oxygen atoms in total. The van der Waals surface area contributed by atoms with Crippen molar-refractivity contribution in [1.29, 1.82) is 0 Å². The molecule has 0 N–H and O–H groups in total. The molecule has 1 aromatic rings. The number of aromatic nitrogens is 1. The van der Waals surface area contributed by atoms with Gasteiger partial charge in [0.1, 0.15) is 11.6 Å². The molecule has 6 heteroatoms. The fraction of sp³-hybridized carbons (Fsp3) is 0.500. The van der Waals surface area contributed by atoms with Gasteiger partial charge in [0, 0.05) is 45.5 Å². The summed E-state index contributed by atoms with van der Waals surface area (Å²) in [5, 5.41) is 0. The van der Waals surface area contributed by atoms with E-state index in [2.05, 4.69) is 23.6 Å². The standard InChI is InChI=1S/C10H14BFN3.Ir/c1-8(2)14-5-6-15(11-14)10-7-9(12)3-4-13-10;/h3-4,7-8H,5-6H2,1-2H3;. The number of anilines is 1. The second-order valence-corrected chi connectivity index (χ2v) is 3.97. The number of nitrogens with zero attached hydrogens (tertiary/aromatic N) is 3. The van der Waals surface area contributed by atoms with E-state index in [1.165, 1.54) is 18.3 Å². The van der Waals surface area contributed by atoms with E-state index < -0.39 is 0 Å². The molecule has 1 aromatic heterocycles. The van der Waals surface area contributed by atoms with Gasteiger partial charge in [-0.15, -0.1) is 0 Å². The van der Waals surface area contributed by atoms with Crippen LogP contribution in [-0.2, 0) is 20.1 Å². The van der Waals surface area contributed by atoms with Crippen molar-refractivity contribution in [3.63, 3.8) is 0 Å². The van der Waals surface area contributed by atoms with Gasteiger partial charge in [0.25, 0.3) is 0 Å². The smallest absolute Gasteiger partial charge is 0.353 e. The minimum Gasteiger partial charge on any atom is -0.388 e. The molecule has 0 spiro atoms. The average Bonchev–Trinajstić information content (AvgIpc) is 2.66. The van der Waals surface area contributed by atoms with Gasteiger partial charge in [-0.3, -0.25) is 0 Å². The zero-order chi connectivity index (χ0) is 10.8. The Morgan fingerprint density at radius 1 is 1.44 bits per heavy atom. The molecule has 0 unspecified atom stereocenters.